The molecule has 5 aromatic rings. The monoisotopic (exact) mass is 991 g/mol. The first-order chi connectivity index (χ1) is 35.0. The Balaban J connectivity index is 0.674. The van der Waals surface area contributed by atoms with Crippen LogP contribution in [-0.4, -0.2) is 128 Å². The molecule has 73 heavy (non-hydrogen) atoms. The van der Waals surface area contributed by atoms with E-state index in [1.807, 2.05) is 63.2 Å². The number of hydrogen-bond acceptors (Lipinski definition) is 10. The number of piperidine rings is 2. The predicted octanol–water partition coefficient (Wildman–Crippen LogP) is 6.48. The number of amides is 4. The van der Waals surface area contributed by atoms with Crippen LogP contribution in [0.3, 0.4) is 0 Å². The molecule has 2 N–H and O–H groups in total. The summed E-state index contributed by atoms with van der Waals surface area (Å²) in [7, 11) is 2.02. The van der Waals surface area contributed by atoms with Crippen LogP contribution >= 0.6 is 0 Å². The molecule has 4 amide bonds. The Hall–Kier alpha value is -6.49. The van der Waals surface area contributed by atoms with Crippen LogP contribution in [0.25, 0.3) is 22.3 Å². The SMILES string of the molecule is Cc1cc(C(=O)N2CCC(CN3CCN(Cc4ccc5c(c4)C(C)(C)C(=O)N5[C@H]4CCC(=O)NC4=O)C[C@@H]3C)CC2)cc(F)c1C1=CCN([C@@H](C)c2cc3c(-n4ccc5c(c4=O)CCN5)ccnc3n2C)CC1. The molecule has 3 saturated heterocycles. The molecule has 3 atom stereocenters. The number of aryl methyl sites for hydroxylation is 2. The quantitative estimate of drug-likeness (QED) is 0.149. The molecule has 11 rings (SSSR count). The third-order valence-corrected chi connectivity index (χ3v) is 17.1. The maximum absolute atomic E-state index is 16.2. The molecule has 6 aliphatic rings. The second-order valence-electron chi connectivity index (χ2n) is 22.0. The lowest BCUT2D eigenvalue weighted by atomic mass is 9.85. The number of nitrogens with one attached hydrogen (secondary N) is 2. The first-order valence-electron chi connectivity index (χ1n) is 26.3. The Kier molecular flexibility index (Phi) is 12.7. The van der Waals surface area contributed by atoms with Gasteiger partial charge in [0.1, 0.15) is 17.5 Å². The van der Waals surface area contributed by atoms with Gasteiger partial charge in [0.15, 0.2) is 0 Å². The summed E-state index contributed by atoms with van der Waals surface area (Å²) in [4.78, 5) is 81.3. The highest BCUT2D eigenvalue weighted by molar-refractivity contribution is 6.13. The minimum Gasteiger partial charge on any atom is -0.384 e. The van der Waals surface area contributed by atoms with Crippen molar-refractivity contribution >= 4 is 51.6 Å². The second kappa shape index (κ2) is 19.1. The van der Waals surface area contributed by atoms with Crippen molar-refractivity contribution in [2.24, 2.45) is 13.0 Å². The molecule has 6 aliphatic heterocycles. The van der Waals surface area contributed by atoms with E-state index in [1.165, 1.54) is 6.07 Å². The van der Waals surface area contributed by atoms with E-state index in [1.54, 1.807) is 15.7 Å². The second-order valence-corrected chi connectivity index (χ2v) is 22.0. The van der Waals surface area contributed by atoms with E-state index in [9.17, 15) is 24.0 Å². The van der Waals surface area contributed by atoms with Gasteiger partial charge in [0.25, 0.3) is 11.5 Å². The Labute approximate surface area is 426 Å². The highest BCUT2D eigenvalue weighted by atomic mass is 19.1. The molecule has 0 spiro atoms. The van der Waals surface area contributed by atoms with E-state index in [2.05, 4.69) is 68.0 Å². The van der Waals surface area contributed by atoms with Crippen molar-refractivity contribution in [1.82, 2.24) is 39.0 Å². The number of halogens is 1. The van der Waals surface area contributed by atoms with Crippen molar-refractivity contribution in [1.29, 1.82) is 0 Å². The van der Waals surface area contributed by atoms with Crippen molar-refractivity contribution in [3.05, 3.63) is 122 Å². The third-order valence-electron chi connectivity index (χ3n) is 17.1. The number of aromatic nitrogens is 3. The number of piperazine rings is 1. The van der Waals surface area contributed by atoms with Gasteiger partial charge in [-0.1, -0.05) is 18.2 Å². The van der Waals surface area contributed by atoms with E-state index in [0.717, 1.165) is 120 Å². The lowest BCUT2D eigenvalue weighted by Crippen LogP contribution is -2.55. The maximum atomic E-state index is 16.2. The lowest BCUT2D eigenvalue weighted by molar-refractivity contribution is -0.136. The summed E-state index contributed by atoms with van der Waals surface area (Å²) in [5, 5.41) is 6.63. The number of carbonyl (C=O) groups excluding carboxylic acids is 4. The summed E-state index contributed by atoms with van der Waals surface area (Å²) in [6.45, 7) is 18.2. The number of carbonyl (C=O) groups is 4. The summed E-state index contributed by atoms with van der Waals surface area (Å²) >= 11 is 0. The molecule has 0 unspecified atom stereocenters. The highest BCUT2D eigenvalue weighted by Crippen LogP contribution is 2.44. The van der Waals surface area contributed by atoms with Crippen LogP contribution < -0.4 is 21.1 Å². The van der Waals surface area contributed by atoms with Crippen molar-refractivity contribution < 1.29 is 23.6 Å². The number of nitrogens with zero attached hydrogens (tertiary/aromatic N) is 8. The fraction of sp³-hybridized carbons (Fsp3) is 0.474. The van der Waals surface area contributed by atoms with Gasteiger partial charge in [0, 0.05) is 143 Å². The first kappa shape index (κ1) is 48.8. The number of anilines is 2. The fourth-order valence-electron chi connectivity index (χ4n) is 12.8. The molecular formula is C57H67FN10O5. The number of fused-ring (bicyclic) bond motifs is 3. The van der Waals surface area contributed by atoms with E-state index >= 15 is 4.39 Å². The number of pyridine rings is 2. The van der Waals surface area contributed by atoms with Crippen LogP contribution in [0.15, 0.2) is 71.8 Å². The van der Waals surface area contributed by atoms with Crippen LogP contribution in [0.2, 0.25) is 0 Å². The Morgan fingerprint density at radius 1 is 0.932 bits per heavy atom. The fourth-order valence-corrected chi connectivity index (χ4v) is 12.8. The number of imide groups is 1. The van der Waals surface area contributed by atoms with Crippen LogP contribution in [0.1, 0.15) is 110 Å². The normalized spacial score (nSPS) is 22.3. The van der Waals surface area contributed by atoms with Gasteiger partial charge >= 0.3 is 0 Å². The zero-order valence-electron chi connectivity index (χ0n) is 43.0. The largest absolute Gasteiger partial charge is 0.384 e. The van der Waals surface area contributed by atoms with Gasteiger partial charge < -0.3 is 14.8 Å². The molecule has 2 aromatic carbocycles. The number of rotatable bonds is 10. The molecule has 3 aromatic heterocycles. The Morgan fingerprint density at radius 2 is 1.74 bits per heavy atom. The van der Waals surface area contributed by atoms with E-state index in [-0.39, 0.29) is 41.6 Å². The van der Waals surface area contributed by atoms with Crippen molar-refractivity contribution in [2.45, 2.75) is 103 Å². The van der Waals surface area contributed by atoms with Gasteiger partial charge in [-0.25, -0.2) is 9.37 Å². The Morgan fingerprint density at radius 3 is 2.48 bits per heavy atom. The first-order valence-corrected chi connectivity index (χ1v) is 26.3. The van der Waals surface area contributed by atoms with Crippen LogP contribution in [-0.2, 0) is 39.8 Å². The zero-order valence-corrected chi connectivity index (χ0v) is 43.0. The van der Waals surface area contributed by atoms with Crippen LogP contribution in [0.4, 0.5) is 15.8 Å². The van der Waals surface area contributed by atoms with Crippen molar-refractivity contribution in [3.63, 3.8) is 0 Å². The summed E-state index contributed by atoms with van der Waals surface area (Å²) < 4.78 is 20.0. The van der Waals surface area contributed by atoms with E-state index in [4.69, 9.17) is 4.98 Å². The molecule has 0 radical (unpaired) electrons. The molecular weight excluding hydrogens is 924 g/mol. The van der Waals surface area contributed by atoms with E-state index in [0.29, 0.717) is 62.0 Å². The summed E-state index contributed by atoms with van der Waals surface area (Å²) in [5.74, 6) is -0.821. The van der Waals surface area contributed by atoms with Crippen molar-refractivity contribution in [2.75, 3.05) is 69.1 Å². The topological polar surface area (TPSA) is 148 Å². The standard InChI is InChI=1S/C57H67FN10O5/c1-34-27-40(29-44(58)51(34)39-15-22-64(23-16-39)36(3)49-30-42-46(12-19-60-52(42)62(49)6)67-24-17-45-41(55(67)72)11-18-59-45)54(71)65-20-13-37(14-21-65)33-66-26-25-63(31-35(66)2)32-38-7-8-47-43(28-38)57(4,5)56(73)68(47)48-9-10-50(69)61-53(48)70/h7-8,12,15,17,19,24,27-30,35-37,48,59H,9-11,13-14,16,18,20-23,25-26,31-33H2,1-6H3,(H,61,69,70)/t35-,36-,48-/m0/s1. The summed E-state index contributed by atoms with van der Waals surface area (Å²) in [6, 6.07) is 15.2. The molecule has 3 fully saturated rings. The summed E-state index contributed by atoms with van der Waals surface area (Å²) in [6.07, 6.45) is 9.47. The molecule has 15 nitrogen and oxygen atoms in total. The van der Waals surface area contributed by atoms with Gasteiger partial charge in [-0.15, -0.1) is 0 Å². The highest BCUT2D eigenvalue weighted by Gasteiger charge is 2.49. The molecule has 0 bridgehead atoms. The third kappa shape index (κ3) is 8.78. The van der Waals surface area contributed by atoms with Crippen LogP contribution in [0.5, 0.6) is 0 Å². The van der Waals surface area contributed by atoms with Gasteiger partial charge in [0.05, 0.1) is 11.1 Å². The number of hydrogen-bond donors (Lipinski definition) is 2. The van der Waals surface area contributed by atoms with Crippen molar-refractivity contribution in [3.8, 4) is 5.69 Å². The number of likely N-dealkylation sites (tertiary alicyclic amines) is 1. The number of benzene rings is 2. The van der Waals surface area contributed by atoms with Gasteiger partial charge in [-0.2, -0.15) is 0 Å². The predicted molar refractivity (Wildman–Crippen MR) is 280 cm³/mol. The minimum absolute atomic E-state index is 0.00253. The van der Waals surface area contributed by atoms with Gasteiger partial charge in [-0.3, -0.25) is 53.5 Å². The zero-order chi connectivity index (χ0) is 51.0. The maximum Gasteiger partial charge on any atom is 0.260 e. The molecule has 382 valence electrons. The smallest absolute Gasteiger partial charge is 0.260 e. The lowest BCUT2D eigenvalue weighted by Gasteiger charge is -2.42. The average Bonchev–Trinajstić information content (AvgIpc) is 4.06. The Bertz CT molecular complexity index is 3140. The van der Waals surface area contributed by atoms with Crippen LogP contribution in [0, 0.1) is 18.7 Å². The average molecular weight is 991 g/mol. The molecule has 0 saturated carbocycles. The van der Waals surface area contributed by atoms with Gasteiger partial charge in [0.2, 0.25) is 17.7 Å². The van der Waals surface area contributed by atoms with Gasteiger partial charge in [-0.05, 0) is 131 Å². The minimum atomic E-state index is -0.782. The molecule has 9 heterocycles. The molecule has 0 aliphatic carbocycles. The molecule has 16 heteroatoms. The van der Waals surface area contributed by atoms with E-state index < -0.39 is 17.4 Å². The summed E-state index contributed by atoms with van der Waals surface area (Å²) in [5.41, 5.74) is 9.19.